The molecule has 1 aromatic carbocycles. The number of rotatable bonds is 2. The second-order valence-corrected chi connectivity index (χ2v) is 5.86. The van der Waals surface area contributed by atoms with Crippen LogP contribution in [0.5, 0.6) is 0 Å². The highest BCUT2D eigenvalue weighted by molar-refractivity contribution is 5.90. The number of amides is 2. The molecule has 1 heterocycles. The van der Waals surface area contributed by atoms with Gasteiger partial charge in [0.2, 0.25) is 0 Å². The fourth-order valence-corrected chi connectivity index (χ4v) is 2.33. The van der Waals surface area contributed by atoms with Crippen LogP contribution in [0.3, 0.4) is 0 Å². The Kier molecular flexibility index (Phi) is 4.30. The van der Waals surface area contributed by atoms with Gasteiger partial charge in [-0.2, -0.15) is 0 Å². The number of carbonyl (C=O) groups is 1. The van der Waals surface area contributed by atoms with E-state index in [1.165, 1.54) is 0 Å². The first-order valence-corrected chi connectivity index (χ1v) is 6.92. The van der Waals surface area contributed by atoms with Gasteiger partial charge in [0.1, 0.15) is 0 Å². The Morgan fingerprint density at radius 3 is 2.90 bits per heavy atom. The Bertz CT molecular complexity index is 486. The second-order valence-electron chi connectivity index (χ2n) is 5.86. The average Bonchev–Trinajstić information content (AvgIpc) is 2.38. The number of urea groups is 1. The molecule has 0 aliphatic carbocycles. The van der Waals surface area contributed by atoms with Crippen molar-refractivity contribution in [1.29, 1.82) is 0 Å². The summed E-state index contributed by atoms with van der Waals surface area (Å²) >= 11 is 0. The van der Waals surface area contributed by atoms with Crippen LogP contribution >= 0.6 is 0 Å². The van der Waals surface area contributed by atoms with E-state index in [1.54, 1.807) is 0 Å². The topological polar surface area (TPSA) is 67.6 Å². The zero-order chi connectivity index (χ0) is 14.8. The predicted octanol–water partition coefficient (Wildman–Crippen LogP) is 2.35. The minimum absolute atomic E-state index is 0.0494. The van der Waals surface area contributed by atoms with Crippen molar-refractivity contribution in [2.75, 3.05) is 25.1 Å². The molecule has 1 aromatic rings. The molecule has 5 heteroatoms. The molecule has 1 unspecified atom stereocenters. The third-order valence-corrected chi connectivity index (χ3v) is 3.55. The standard InChI is InChI=1S/C15H23N3O2/c1-11(16)12-5-4-6-13(9-12)17-14(19)18-7-8-20-10-15(18,2)3/h4-6,9,11H,7-8,10,16H2,1-3H3,(H,17,19). The van der Waals surface area contributed by atoms with Crippen molar-refractivity contribution in [1.82, 2.24) is 4.90 Å². The van der Waals surface area contributed by atoms with Gasteiger partial charge in [0.05, 0.1) is 18.8 Å². The zero-order valence-electron chi connectivity index (χ0n) is 12.3. The number of hydrogen-bond donors (Lipinski definition) is 2. The molecule has 1 atom stereocenters. The number of anilines is 1. The van der Waals surface area contributed by atoms with Gasteiger partial charge in [-0.25, -0.2) is 4.79 Å². The first-order valence-electron chi connectivity index (χ1n) is 6.92. The van der Waals surface area contributed by atoms with Gasteiger partial charge in [0, 0.05) is 18.3 Å². The van der Waals surface area contributed by atoms with Gasteiger partial charge in [0.25, 0.3) is 0 Å². The molecule has 1 fully saturated rings. The summed E-state index contributed by atoms with van der Waals surface area (Å²) in [7, 11) is 0. The summed E-state index contributed by atoms with van der Waals surface area (Å²) in [6.07, 6.45) is 0. The van der Waals surface area contributed by atoms with E-state index in [0.717, 1.165) is 11.3 Å². The predicted molar refractivity (Wildman–Crippen MR) is 79.7 cm³/mol. The maximum absolute atomic E-state index is 12.4. The molecule has 1 saturated heterocycles. The van der Waals surface area contributed by atoms with Crippen LogP contribution in [0.4, 0.5) is 10.5 Å². The summed E-state index contributed by atoms with van der Waals surface area (Å²) in [5.74, 6) is 0. The number of nitrogens with one attached hydrogen (secondary N) is 1. The Hall–Kier alpha value is -1.59. The minimum Gasteiger partial charge on any atom is -0.377 e. The highest BCUT2D eigenvalue weighted by atomic mass is 16.5. The molecule has 2 rings (SSSR count). The van der Waals surface area contributed by atoms with Crippen LogP contribution < -0.4 is 11.1 Å². The highest BCUT2D eigenvalue weighted by Crippen LogP contribution is 2.21. The number of hydrogen-bond acceptors (Lipinski definition) is 3. The van der Waals surface area contributed by atoms with Crippen LogP contribution in [0.2, 0.25) is 0 Å². The summed E-state index contributed by atoms with van der Waals surface area (Å²) in [4.78, 5) is 14.2. The number of carbonyl (C=O) groups excluding carboxylic acids is 1. The lowest BCUT2D eigenvalue weighted by Gasteiger charge is -2.41. The summed E-state index contributed by atoms with van der Waals surface area (Å²) in [6.45, 7) is 7.67. The van der Waals surface area contributed by atoms with Gasteiger partial charge in [-0.15, -0.1) is 0 Å². The van der Waals surface area contributed by atoms with E-state index in [-0.39, 0.29) is 17.6 Å². The third kappa shape index (κ3) is 3.29. The average molecular weight is 277 g/mol. The van der Waals surface area contributed by atoms with Crippen molar-refractivity contribution < 1.29 is 9.53 Å². The van der Waals surface area contributed by atoms with E-state index in [0.29, 0.717) is 19.8 Å². The zero-order valence-corrected chi connectivity index (χ0v) is 12.3. The highest BCUT2D eigenvalue weighted by Gasteiger charge is 2.34. The van der Waals surface area contributed by atoms with Crippen LogP contribution in [-0.4, -0.2) is 36.2 Å². The quantitative estimate of drug-likeness (QED) is 0.872. The smallest absolute Gasteiger partial charge is 0.322 e. The molecule has 0 spiro atoms. The van der Waals surface area contributed by atoms with E-state index >= 15 is 0 Å². The molecule has 20 heavy (non-hydrogen) atoms. The normalized spacial score (nSPS) is 19.5. The van der Waals surface area contributed by atoms with Gasteiger partial charge in [-0.05, 0) is 38.5 Å². The van der Waals surface area contributed by atoms with Crippen LogP contribution in [-0.2, 0) is 4.74 Å². The molecular weight excluding hydrogens is 254 g/mol. The number of nitrogens with two attached hydrogens (primary N) is 1. The SMILES string of the molecule is CC(N)c1cccc(NC(=O)N2CCOCC2(C)C)c1. The van der Waals surface area contributed by atoms with Gasteiger partial charge in [-0.3, -0.25) is 0 Å². The minimum atomic E-state index is -0.291. The number of morpholine rings is 1. The summed E-state index contributed by atoms with van der Waals surface area (Å²) in [5.41, 5.74) is 7.34. The van der Waals surface area contributed by atoms with E-state index < -0.39 is 0 Å². The molecular formula is C15H23N3O2. The molecule has 5 nitrogen and oxygen atoms in total. The molecule has 110 valence electrons. The Labute approximate surface area is 120 Å². The van der Waals surface area contributed by atoms with Gasteiger partial charge >= 0.3 is 6.03 Å². The van der Waals surface area contributed by atoms with Crippen molar-refractivity contribution in [2.45, 2.75) is 32.4 Å². The van der Waals surface area contributed by atoms with Crippen LogP contribution in [0.1, 0.15) is 32.4 Å². The summed E-state index contributed by atoms with van der Waals surface area (Å²) < 4.78 is 5.43. The van der Waals surface area contributed by atoms with E-state index in [9.17, 15) is 4.79 Å². The van der Waals surface area contributed by atoms with Gasteiger partial charge in [0.15, 0.2) is 0 Å². The van der Waals surface area contributed by atoms with Crippen LogP contribution in [0.25, 0.3) is 0 Å². The van der Waals surface area contributed by atoms with Gasteiger partial charge in [-0.1, -0.05) is 12.1 Å². The summed E-state index contributed by atoms with van der Waals surface area (Å²) in [5, 5.41) is 2.94. The maximum atomic E-state index is 12.4. The van der Waals surface area contributed by atoms with E-state index in [1.807, 2.05) is 49.9 Å². The largest absolute Gasteiger partial charge is 0.377 e. The number of nitrogens with zero attached hydrogens (tertiary/aromatic N) is 1. The summed E-state index contributed by atoms with van der Waals surface area (Å²) in [6, 6.07) is 7.50. The van der Waals surface area contributed by atoms with Crippen LogP contribution in [0, 0.1) is 0 Å². The Balaban J connectivity index is 2.09. The monoisotopic (exact) mass is 277 g/mol. The second kappa shape index (κ2) is 5.81. The molecule has 0 radical (unpaired) electrons. The molecule has 0 saturated carbocycles. The van der Waals surface area contributed by atoms with Crippen molar-refractivity contribution in [2.24, 2.45) is 5.73 Å². The Morgan fingerprint density at radius 1 is 1.50 bits per heavy atom. The van der Waals surface area contributed by atoms with Crippen molar-refractivity contribution in [3.8, 4) is 0 Å². The first-order chi connectivity index (χ1) is 9.40. The molecule has 2 amide bonds. The van der Waals surface area contributed by atoms with Crippen LogP contribution in [0.15, 0.2) is 24.3 Å². The molecule has 1 aliphatic heterocycles. The molecule has 0 bridgehead atoms. The number of benzene rings is 1. The van der Waals surface area contributed by atoms with Crippen molar-refractivity contribution in [3.05, 3.63) is 29.8 Å². The fraction of sp³-hybridized carbons (Fsp3) is 0.533. The van der Waals surface area contributed by atoms with Crippen molar-refractivity contribution in [3.63, 3.8) is 0 Å². The van der Waals surface area contributed by atoms with Gasteiger partial charge < -0.3 is 20.7 Å². The maximum Gasteiger partial charge on any atom is 0.322 e. The third-order valence-electron chi connectivity index (χ3n) is 3.55. The van der Waals surface area contributed by atoms with Crippen molar-refractivity contribution >= 4 is 11.7 Å². The number of ether oxygens (including phenoxy) is 1. The van der Waals surface area contributed by atoms with E-state index in [4.69, 9.17) is 10.5 Å². The lowest BCUT2D eigenvalue weighted by atomic mass is 10.0. The lowest BCUT2D eigenvalue weighted by molar-refractivity contribution is -0.0249. The van der Waals surface area contributed by atoms with E-state index in [2.05, 4.69) is 5.32 Å². The Morgan fingerprint density at radius 2 is 2.25 bits per heavy atom. The fourth-order valence-electron chi connectivity index (χ4n) is 2.33. The molecule has 3 N–H and O–H groups in total. The molecule has 1 aliphatic rings. The first kappa shape index (κ1) is 14.8. The molecule has 0 aromatic heterocycles. The lowest BCUT2D eigenvalue weighted by Crippen LogP contribution is -2.56.